The van der Waals surface area contributed by atoms with E-state index in [1.165, 1.54) is 6.08 Å². The van der Waals surface area contributed by atoms with Crippen molar-refractivity contribution in [3.63, 3.8) is 0 Å². The summed E-state index contributed by atoms with van der Waals surface area (Å²) in [6, 6.07) is 0. The molecule has 0 aromatic heterocycles. The van der Waals surface area contributed by atoms with Gasteiger partial charge in [-0.05, 0) is 43.1 Å². The van der Waals surface area contributed by atoms with Crippen molar-refractivity contribution in [3.05, 3.63) is 11.9 Å². The Labute approximate surface area is 96.9 Å². The van der Waals surface area contributed by atoms with Crippen LogP contribution >= 0.6 is 0 Å². The van der Waals surface area contributed by atoms with Crippen molar-refractivity contribution in [1.82, 2.24) is 0 Å². The highest BCUT2D eigenvalue weighted by Gasteiger charge is 2.38. The Morgan fingerprint density at radius 3 is 2.62 bits per heavy atom. The summed E-state index contributed by atoms with van der Waals surface area (Å²) in [6.07, 6.45) is 3.49. The number of esters is 1. The molecule has 0 aliphatic heterocycles. The molecule has 1 aliphatic rings. The summed E-state index contributed by atoms with van der Waals surface area (Å²) in [5.74, 6) is -0.809. The Balaban J connectivity index is 2.40. The second-order valence-electron chi connectivity index (χ2n) is 5.66. The van der Waals surface area contributed by atoms with Gasteiger partial charge in [-0.2, -0.15) is 4.39 Å². The number of ether oxygens (including phenoxy) is 1. The largest absolute Gasteiger partial charge is 0.461 e. The highest BCUT2D eigenvalue weighted by Crippen LogP contribution is 2.47. The first-order chi connectivity index (χ1) is 7.33. The smallest absolute Gasteiger partial charge is 0.366 e. The van der Waals surface area contributed by atoms with Crippen molar-refractivity contribution in [3.8, 4) is 0 Å². The molecule has 2 nitrogen and oxygen atoms in total. The van der Waals surface area contributed by atoms with E-state index in [2.05, 4.69) is 25.5 Å². The average Bonchev–Trinajstić information content (AvgIpc) is 2.80. The lowest BCUT2D eigenvalue weighted by Gasteiger charge is -2.17. The van der Waals surface area contributed by atoms with Crippen LogP contribution in [0.4, 0.5) is 4.39 Å². The number of rotatable bonds is 4. The number of carbonyl (C=O) groups excluding carboxylic acids is 1. The Bertz CT molecular complexity index is 289. The molecule has 0 radical (unpaired) electrons. The van der Waals surface area contributed by atoms with Crippen molar-refractivity contribution >= 4 is 5.97 Å². The summed E-state index contributed by atoms with van der Waals surface area (Å²) in [4.78, 5) is 11.0. The third-order valence-corrected chi connectivity index (χ3v) is 2.68. The molecular weight excluding hydrogens is 207 g/mol. The van der Waals surface area contributed by atoms with Crippen molar-refractivity contribution in [2.24, 2.45) is 17.3 Å². The second kappa shape index (κ2) is 4.98. The zero-order valence-electron chi connectivity index (χ0n) is 10.5. The van der Waals surface area contributed by atoms with Gasteiger partial charge in [-0.25, -0.2) is 4.79 Å². The summed E-state index contributed by atoms with van der Waals surface area (Å²) in [7, 11) is 0. The van der Waals surface area contributed by atoms with Gasteiger partial charge in [0.25, 0.3) is 0 Å². The maximum Gasteiger partial charge on any atom is 0.366 e. The molecule has 2 unspecified atom stereocenters. The SMILES string of the molecule is CCOC(=O)/C(F)=C/C1CC1CC(C)(C)C. The lowest BCUT2D eigenvalue weighted by atomic mass is 9.89. The summed E-state index contributed by atoms with van der Waals surface area (Å²) in [5.41, 5.74) is 0.271. The highest BCUT2D eigenvalue weighted by atomic mass is 19.1. The Hall–Kier alpha value is -0.860. The maximum atomic E-state index is 13.3. The first-order valence-corrected chi connectivity index (χ1v) is 5.88. The molecule has 0 N–H and O–H groups in total. The predicted molar refractivity (Wildman–Crippen MR) is 61.5 cm³/mol. The van der Waals surface area contributed by atoms with Gasteiger partial charge in [-0.1, -0.05) is 20.8 Å². The van der Waals surface area contributed by atoms with E-state index in [-0.39, 0.29) is 17.9 Å². The highest BCUT2D eigenvalue weighted by molar-refractivity contribution is 5.86. The molecule has 3 heteroatoms. The minimum atomic E-state index is -0.830. The summed E-state index contributed by atoms with van der Waals surface area (Å²) in [6.45, 7) is 8.41. The molecule has 2 atom stereocenters. The minimum Gasteiger partial charge on any atom is -0.461 e. The third-order valence-electron chi connectivity index (χ3n) is 2.68. The van der Waals surface area contributed by atoms with Crippen LogP contribution in [0.2, 0.25) is 0 Å². The van der Waals surface area contributed by atoms with E-state index in [1.54, 1.807) is 6.92 Å². The van der Waals surface area contributed by atoms with E-state index < -0.39 is 11.8 Å². The van der Waals surface area contributed by atoms with Crippen LogP contribution in [0.5, 0.6) is 0 Å². The van der Waals surface area contributed by atoms with E-state index in [0.717, 1.165) is 12.8 Å². The summed E-state index contributed by atoms with van der Waals surface area (Å²) < 4.78 is 17.9. The van der Waals surface area contributed by atoms with Crippen LogP contribution in [0.15, 0.2) is 11.9 Å². The Morgan fingerprint density at radius 1 is 1.50 bits per heavy atom. The topological polar surface area (TPSA) is 26.3 Å². The second-order valence-corrected chi connectivity index (χ2v) is 5.66. The van der Waals surface area contributed by atoms with Gasteiger partial charge in [0.15, 0.2) is 0 Å². The molecule has 0 amide bonds. The Morgan fingerprint density at radius 2 is 2.12 bits per heavy atom. The molecule has 1 saturated carbocycles. The average molecular weight is 228 g/mol. The summed E-state index contributed by atoms with van der Waals surface area (Å²) >= 11 is 0. The van der Waals surface area contributed by atoms with Crippen LogP contribution in [0.1, 0.15) is 40.5 Å². The van der Waals surface area contributed by atoms with Crippen molar-refractivity contribution in [2.45, 2.75) is 40.5 Å². The normalized spacial score (nSPS) is 25.4. The molecule has 0 aromatic carbocycles. The lowest BCUT2D eigenvalue weighted by Crippen LogP contribution is -2.07. The molecule has 0 saturated heterocycles. The lowest BCUT2D eigenvalue weighted by molar-refractivity contribution is -0.140. The van der Waals surface area contributed by atoms with Gasteiger partial charge in [0.05, 0.1) is 6.61 Å². The van der Waals surface area contributed by atoms with Gasteiger partial charge in [0.2, 0.25) is 5.83 Å². The fourth-order valence-corrected chi connectivity index (χ4v) is 1.95. The fourth-order valence-electron chi connectivity index (χ4n) is 1.95. The molecule has 0 bridgehead atoms. The summed E-state index contributed by atoms with van der Waals surface area (Å²) in [5, 5.41) is 0. The standard InChI is InChI=1S/C13H21FO2/c1-5-16-12(15)11(14)7-9-6-10(9)8-13(2,3)4/h7,9-10H,5-6,8H2,1-4H3/b11-7-. The quantitative estimate of drug-likeness (QED) is 0.544. The van der Waals surface area contributed by atoms with Crippen LogP contribution in [0.25, 0.3) is 0 Å². The number of hydrogen-bond donors (Lipinski definition) is 0. The van der Waals surface area contributed by atoms with Gasteiger partial charge in [0.1, 0.15) is 0 Å². The molecular formula is C13H21FO2. The van der Waals surface area contributed by atoms with Gasteiger partial charge >= 0.3 is 5.97 Å². The molecule has 92 valence electrons. The van der Waals surface area contributed by atoms with Gasteiger partial charge < -0.3 is 4.74 Å². The van der Waals surface area contributed by atoms with Crippen LogP contribution in [0, 0.1) is 17.3 Å². The van der Waals surface area contributed by atoms with Gasteiger partial charge in [0, 0.05) is 0 Å². The van der Waals surface area contributed by atoms with Crippen molar-refractivity contribution in [1.29, 1.82) is 0 Å². The van der Waals surface area contributed by atoms with Crippen molar-refractivity contribution in [2.75, 3.05) is 6.61 Å². The van der Waals surface area contributed by atoms with E-state index in [1.807, 2.05) is 0 Å². The van der Waals surface area contributed by atoms with Gasteiger partial charge in [-0.15, -0.1) is 0 Å². The zero-order valence-corrected chi connectivity index (χ0v) is 10.5. The first kappa shape index (κ1) is 13.2. The number of carbonyl (C=O) groups is 1. The number of allylic oxidation sites excluding steroid dienone is 1. The van der Waals surface area contributed by atoms with E-state index in [4.69, 9.17) is 0 Å². The van der Waals surface area contributed by atoms with Crippen molar-refractivity contribution < 1.29 is 13.9 Å². The van der Waals surface area contributed by atoms with E-state index in [0.29, 0.717) is 5.92 Å². The molecule has 1 rings (SSSR count). The molecule has 1 fully saturated rings. The van der Waals surface area contributed by atoms with Crippen LogP contribution in [-0.2, 0) is 9.53 Å². The third kappa shape index (κ3) is 4.33. The van der Waals surface area contributed by atoms with Crippen LogP contribution in [-0.4, -0.2) is 12.6 Å². The molecule has 0 aromatic rings. The van der Waals surface area contributed by atoms with E-state index >= 15 is 0 Å². The molecule has 0 spiro atoms. The first-order valence-electron chi connectivity index (χ1n) is 5.88. The Kier molecular flexibility index (Phi) is 4.11. The zero-order chi connectivity index (χ0) is 12.3. The van der Waals surface area contributed by atoms with Gasteiger partial charge in [-0.3, -0.25) is 0 Å². The van der Waals surface area contributed by atoms with Crippen LogP contribution in [0.3, 0.4) is 0 Å². The monoisotopic (exact) mass is 228 g/mol. The molecule has 1 aliphatic carbocycles. The minimum absolute atomic E-state index is 0.218. The maximum absolute atomic E-state index is 13.3. The number of hydrogen-bond acceptors (Lipinski definition) is 2. The molecule has 0 heterocycles. The number of halogens is 1. The molecule has 16 heavy (non-hydrogen) atoms. The van der Waals surface area contributed by atoms with Crippen LogP contribution < -0.4 is 0 Å². The fraction of sp³-hybridized carbons (Fsp3) is 0.769. The van der Waals surface area contributed by atoms with E-state index in [9.17, 15) is 9.18 Å². The predicted octanol–water partition coefficient (Wildman–Crippen LogP) is 3.48.